The van der Waals surface area contributed by atoms with Gasteiger partial charge in [-0.2, -0.15) is 0 Å². The van der Waals surface area contributed by atoms with E-state index < -0.39 is 17.5 Å². The summed E-state index contributed by atoms with van der Waals surface area (Å²) in [5, 5.41) is 0. The Balaban J connectivity index is 2.46. The summed E-state index contributed by atoms with van der Waals surface area (Å²) in [6, 6.07) is 4.08. The van der Waals surface area contributed by atoms with Crippen LogP contribution in [0, 0.1) is 17.5 Å². The summed E-state index contributed by atoms with van der Waals surface area (Å²) in [5.74, 6) is -2.73. The highest BCUT2D eigenvalue weighted by atomic mass is 19.2. The van der Waals surface area contributed by atoms with Crippen molar-refractivity contribution in [2.75, 3.05) is 0 Å². The Morgan fingerprint density at radius 1 is 1.22 bits per heavy atom. The molecular weight excluding hydrogens is 243 g/mol. The molecule has 0 fully saturated rings. The average Bonchev–Trinajstić information content (AvgIpc) is 2.82. The molecule has 96 valence electrons. The van der Waals surface area contributed by atoms with Crippen LogP contribution in [0.5, 0.6) is 0 Å². The average molecular weight is 255 g/mol. The first-order valence-electron chi connectivity index (χ1n) is 5.53. The number of rotatable bonds is 3. The van der Waals surface area contributed by atoms with Gasteiger partial charge in [0.25, 0.3) is 0 Å². The van der Waals surface area contributed by atoms with Crippen LogP contribution in [0.15, 0.2) is 28.7 Å². The van der Waals surface area contributed by atoms with Gasteiger partial charge in [-0.1, -0.05) is 6.92 Å². The number of benzene rings is 1. The van der Waals surface area contributed by atoms with Crippen molar-refractivity contribution in [1.29, 1.82) is 0 Å². The fraction of sp³-hybridized carbons (Fsp3) is 0.231. The van der Waals surface area contributed by atoms with Crippen molar-refractivity contribution in [3.8, 4) is 11.3 Å². The van der Waals surface area contributed by atoms with Crippen molar-refractivity contribution in [1.82, 2.24) is 0 Å². The van der Waals surface area contributed by atoms with Crippen LogP contribution in [0.2, 0.25) is 0 Å². The maximum absolute atomic E-state index is 13.5. The van der Waals surface area contributed by atoms with Gasteiger partial charge in [0.2, 0.25) is 0 Å². The van der Waals surface area contributed by atoms with Gasteiger partial charge < -0.3 is 10.2 Å². The molecule has 2 rings (SSSR count). The second kappa shape index (κ2) is 4.86. The predicted molar refractivity (Wildman–Crippen MR) is 61.2 cm³/mol. The van der Waals surface area contributed by atoms with Gasteiger partial charge in [0.05, 0.1) is 11.6 Å². The topological polar surface area (TPSA) is 39.2 Å². The van der Waals surface area contributed by atoms with Gasteiger partial charge in [0.1, 0.15) is 17.3 Å². The molecule has 0 aliphatic carbocycles. The van der Waals surface area contributed by atoms with Gasteiger partial charge in [0.15, 0.2) is 11.6 Å². The van der Waals surface area contributed by atoms with Gasteiger partial charge in [-0.15, -0.1) is 0 Å². The van der Waals surface area contributed by atoms with Crippen LogP contribution in [0.3, 0.4) is 0 Å². The molecule has 0 aliphatic rings. The normalized spacial score (nSPS) is 12.7. The van der Waals surface area contributed by atoms with Gasteiger partial charge in [-0.25, -0.2) is 13.2 Å². The second-order valence-electron chi connectivity index (χ2n) is 3.97. The Kier molecular flexibility index (Phi) is 3.43. The summed E-state index contributed by atoms with van der Waals surface area (Å²) in [7, 11) is 0. The number of hydrogen-bond donors (Lipinski definition) is 1. The molecule has 0 saturated heterocycles. The third kappa shape index (κ3) is 2.26. The number of hydrogen-bond acceptors (Lipinski definition) is 2. The molecule has 0 radical (unpaired) electrons. The van der Waals surface area contributed by atoms with E-state index in [0.717, 1.165) is 6.07 Å². The fourth-order valence-corrected chi connectivity index (χ4v) is 1.63. The number of furan rings is 1. The lowest BCUT2D eigenvalue weighted by Gasteiger charge is -2.05. The molecule has 0 saturated carbocycles. The van der Waals surface area contributed by atoms with Crippen molar-refractivity contribution >= 4 is 0 Å². The highest BCUT2D eigenvalue weighted by Gasteiger charge is 2.17. The summed E-state index contributed by atoms with van der Waals surface area (Å²) in [4.78, 5) is 0. The molecule has 0 amide bonds. The van der Waals surface area contributed by atoms with Crippen LogP contribution in [-0.4, -0.2) is 0 Å². The van der Waals surface area contributed by atoms with Crippen LogP contribution in [-0.2, 0) is 0 Å². The summed E-state index contributed by atoms with van der Waals surface area (Å²) < 4.78 is 45.0. The van der Waals surface area contributed by atoms with E-state index in [0.29, 0.717) is 18.2 Å². The maximum Gasteiger partial charge on any atom is 0.169 e. The lowest BCUT2D eigenvalue weighted by Crippen LogP contribution is -2.06. The largest absolute Gasteiger partial charge is 0.459 e. The van der Waals surface area contributed by atoms with Crippen LogP contribution in [0.1, 0.15) is 25.1 Å². The van der Waals surface area contributed by atoms with Gasteiger partial charge in [0, 0.05) is 6.07 Å². The van der Waals surface area contributed by atoms with Crippen LogP contribution in [0.25, 0.3) is 11.3 Å². The zero-order valence-electron chi connectivity index (χ0n) is 9.71. The number of halogens is 3. The van der Waals surface area contributed by atoms with Crippen LogP contribution >= 0.6 is 0 Å². The molecule has 2 nitrogen and oxygen atoms in total. The van der Waals surface area contributed by atoms with E-state index in [2.05, 4.69) is 0 Å². The minimum Gasteiger partial charge on any atom is -0.459 e. The minimum absolute atomic E-state index is 0.0600. The fourth-order valence-electron chi connectivity index (χ4n) is 1.63. The van der Waals surface area contributed by atoms with Crippen molar-refractivity contribution < 1.29 is 17.6 Å². The molecule has 5 heteroatoms. The standard InChI is InChI=1S/C13H12F3NO/c1-2-10(17)12-4-3-11(18-12)8-5-7(14)6-9(15)13(8)16/h3-6,10H,2,17H2,1H3. The summed E-state index contributed by atoms with van der Waals surface area (Å²) in [6.45, 7) is 1.87. The Morgan fingerprint density at radius 3 is 2.61 bits per heavy atom. The molecule has 0 bridgehead atoms. The molecule has 1 unspecified atom stereocenters. The Labute approximate surface area is 102 Å². The SMILES string of the molecule is CCC(N)c1ccc(-c2cc(F)cc(F)c2F)o1. The first-order chi connectivity index (χ1) is 8.52. The Morgan fingerprint density at radius 2 is 1.94 bits per heavy atom. The minimum atomic E-state index is -1.25. The third-order valence-corrected chi connectivity index (χ3v) is 2.69. The van der Waals surface area contributed by atoms with Crippen molar-refractivity contribution in [2.45, 2.75) is 19.4 Å². The molecule has 2 N–H and O–H groups in total. The molecule has 1 aromatic carbocycles. The first-order valence-corrected chi connectivity index (χ1v) is 5.53. The van der Waals surface area contributed by atoms with E-state index in [4.69, 9.17) is 10.2 Å². The smallest absolute Gasteiger partial charge is 0.169 e. The molecule has 1 atom stereocenters. The lowest BCUT2D eigenvalue weighted by molar-refractivity contribution is 0.460. The van der Waals surface area contributed by atoms with Crippen LogP contribution in [0.4, 0.5) is 13.2 Å². The first kappa shape index (κ1) is 12.7. The molecule has 2 aromatic rings. The Bertz CT molecular complexity index is 565. The van der Waals surface area contributed by atoms with E-state index in [9.17, 15) is 13.2 Å². The van der Waals surface area contributed by atoms with E-state index in [1.54, 1.807) is 6.07 Å². The maximum atomic E-state index is 13.5. The van der Waals surface area contributed by atoms with E-state index in [1.165, 1.54) is 6.07 Å². The molecule has 1 aromatic heterocycles. The summed E-state index contributed by atoms with van der Waals surface area (Å²) >= 11 is 0. The van der Waals surface area contributed by atoms with Crippen molar-refractivity contribution in [2.24, 2.45) is 5.73 Å². The van der Waals surface area contributed by atoms with Crippen LogP contribution < -0.4 is 5.73 Å². The second-order valence-corrected chi connectivity index (χ2v) is 3.97. The monoisotopic (exact) mass is 255 g/mol. The zero-order valence-corrected chi connectivity index (χ0v) is 9.71. The molecular formula is C13H12F3NO. The summed E-state index contributed by atoms with van der Waals surface area (Å²) in [5.41, 5.74) is 5.50. The third-order valence-electron chi connectivity index (χ3n) is 2.69. The Hall–Kier alpha value is -1.75. The molecule has 0 spiro atoms. The lowest BCUT2D eigenvalue weighted by atomic mass is 10.1. The van der Waals surface area contributed by atoms with Gasteiger partial charge >= 0.3 is 0 Å². The predicted octanol–water partition coefficient (Wildman–Crippen LogP) is 3.77. The molecule has 18 heavy (non-hydrogen) atoms. The quantitative estimate of drug-likeness (QED) is 0.848. The van der Waals surface area contributed by atoms with E-state index in [-0.39, 0.29) is 17.4 Å². The highest BCUT2D eigenvalue weighted by molar-refractivity contribution is 5.58. The van der Waals surface area contributed by atoms with Crippen molar-refractivity contribution in [3.05, 3.63) is 47.5 Å². The van der Waals surface area contributed by atoms with Gasteiger partial charge in [-0.05, 0) is 24.6 Å². The van der Waals surface area contributed by atoms with Gasteiger partial charge in [-0.3, -0.25) is 0 Å². The molecule has 1 heterocycles. The molecule has 0 aliphatic heterocycles. The van der Waals surface area contributed by atoms with Crippen molar-refractivity contribution in [3.63, 3.8) is 0 Å². The highest BCUT2D eigenvalue weighted by Crippen LogP contribution is 2.29. The van der Waals surface area contributed by atoms with E-state index >= 15 is 0 Å². The summed E-state index contributed by atoms with van der Waals surface area (Å²) in [6.07, 6.45) is 0.646. The zero-order chi connectivity index (χ0) is 13.3. The van der Waals surface area contributed by atoms with E-state index in [1.807, 2.05) is 6.92 Å². The number of nitrogens with two attached hydrogens (primary N) is 1.